The summed E-state index contributed by atoms with van der Waals surface area (Å²) in [4.78, 5) is 19.0. The highest BCUT2D eigenvalue weighted by Gasteiger charge is 2.22. The maximum atomic E-state index is 9.53. The average Bonchev–Trinajstić information content (AvgIpc) is 2.66. The van der Waals surface area contributed by atoms with Crippen molar-refractivity contribution in [3.05, 3.63) is 71.8 Å². The number of carbonyl (C=O) groups is 2. The number of aromatic hydroxyl groups is 1. The summed E-state index contributed by atoms with van der Waals surface area (Å²) >= 11 is 0. The van der Waals surface area contributed by atoms with E-state index in [4.69, 9.17) is 9.84 Å². The van der Waals surface area contributed by atoms with Gasteiger partial charge in [-0.1, -0.05) is 30.3 Å². The molecule has 0 bridgehead atoms. The van der Waals surface area contributed by atoms with Crippen molar-refractivity contribution in [1.29, 1.82) is 0 Å². The molecule has 7 heteroatoms. The van der Waals surface area contributed by atoms with Gasteiger partial charge in [0.15, 0.2) is 0 Å². The summed E-state index contributed by atoms with van der Waals surface area (Å²) in [6, 6.07) is 15.8. The number of rotatable bonds is 8. The van der Waals surface area contributed by atoms with Crippen LogP contribution in [0.4, 0.5) is 0 Å². The fourth-order valence-electron chi connectivity index (χ4n) is 2.62. The third-order valence-corrected chi connectivity index (χ3v) is 4.01. The smallest absolute Gasteiger partial charge is 0.328 e. The van der Waals surface area contributed by atoms with Crippen molar-refractivity contribution in [2.45, 2.75) is 32.4 Å². The minimum Gasteiger partial charge on any atom is -0.545 e. The Morgan fingerprint density at radius 1 is 1.14 bits per heavy atom. The molecule has 0 unspecified atom stereocenters. The Balaban J connectivity index is 0.000000447. The second-order valence-corrected chi connectivity index (χ2v) is 7.05. The van der Waals surface area contributed by atoms with Gasteiger partial charge >= 0.3 is 5.97 Å². The normalized spacial score (nSPS) is 10.9. The quantitative estimate of drug-likeness (QED) is 0.564. The molecule has 4 N–H and O–H groups in total. The van der Waals surface area contributed by atoms with Crippen molar-refractivity contribution in [2.24, 2.45) is 0 Å². The Morgan fingerprint density at radius 2 is 1.79 bits per heavy atom. The third-order valence-electron chi connectivity index (χ3n) is 4.01. The third kappa shape index (κ3) is 9.97. The van der Waals surface area contributed by atoms with E-state index in [1.165, 1.54) is 5.56 Å². The van der Waals surface area contributed by atoms with Gasteiger partial charge in [0.1, 0.15) is 18.0 Å². The molecule has 2 rings (SSSR count). The number of hydrogen-bond donors (Lipinski definition) is 3. The first-order valence-electron chi connectivity index (χ1n) is 8.99. The van der Waals surface area contributed by atoms with Crippen LogP contribution in [0.15, 0.2) is 60.7 Å². The van der Waals surface area contributed by atoms with Gasteiger partial charge in [-0.15, -0.1) is 0 Å². The van der Waals surface area contributed by atoms with Gasteiger partial charge in [-0.3, -0.25) is 0 Å². The number of hydrogen-bond acceptors (Lipinski definition) is 5. The molecule has 0 saturated carbocycles. The SMILES string of the molecule is COc1cc(O)ccc1C[NH2+]C(C)(C)Cc1ccccc1.O=C([O-])/C=C\C(=O)O. The van der Waals surface area contributed by atoms with E-state index >= 15 is 0 Å². The van der Waals surface area contributed by atoms with Gasteiger partial charge in [0, 0.05) is 24.1 Å². The van der Waals surface area contributed by atoms with Gasteiger partial charge in [0.05, 0.1) is 18.6 Å². The maximum Gasteiger partial charge on any atom is 0.328 e. The molecule has 29 heavy (non-hydrogen) atoms. The zero-order chi connectivity index (χ0) is 21.9. The zero-order valence-corrected chi connectivity index (χ0v) is 16.8. The highest BCUT2D eigenvalue weighted by Crippen LogP contribution is 2.23. The summed E-state index contributed by atoms with van der Waals surface area (Å²) in [6.45, 7) is 5.31. The number of nitrogens with two attached hydrogens (primary N) is 1. The van der Waals surface area contributed by atoms with E-state index in [0.29, 0.717) is 12.2 Å². The number of carboxylic acid groups (broad SMARTS) is 2. The van der Waals surface area contributed by atoms with E-state index < -0.39 is 11.9 Å². The van der Waals surface area contributed by atoms with Crippen LogP contribution >= 0.6 is 0 Å². The topological polar surface area (TPSA) is 124 Å². The summed E-state index contributed by atoms with van der Waals surface area (Å²) < 4.78 is 5.33. The highest BCUT2D eigenvalue weighted by atomic mass is 16.5. The summed E-state index contributed by atoms with van der Waals surface area (Å²) in [5.41, 5.74) is 2.54. The average molecular weight is 401 g/mol. The van der Waals surface area contributed by atoms with Crippen LogP contribution < -0.4 is 15.2 Å². The number of phenols is 1. The number of ether oxygens (including phenoxy) is 1. The van der Waals surface area contributed by atoms with Gasteiger partial charge in [-0.05, 0) is 37.6 Å². The Bertz CT molecular complexity index is 814. The Morgan fingerprint density at radius 3 is 2.31 bits per heavy atom. The van der Waals surface area contributed by atoms with E-state index in [0.717, 1.165) is 24.3 Å². The van der Waals surface area contributed by atoms with Crippen molar-refractivity contribution >= 4 is 11.9 Å². The second kappa shape index (κ2) is 11.5. The number of methoxy groups -OCH3 is 1. The first-order valence-corrected chi connectivity index (χ1v) is 8.99. The van der Waals surface area contributed by atoms with Gasteiger partial charge in [0.25, 0.3) is 0 Å². The predicted octanol–water partition coefficient (Wildman–Crippen LogP) is 0.863. The second-order valence-electron chi connectivity index (χ2n) is 7.05. The van der Waals surface area contributed by atoms with Gasteiger partial charge < -0.3 is 30.2 Å². The molecule has 0 aliphatic carbocycles. The molecule has 0 radical (unpaired) electrons. The maximum absolute atomic E-state index is 9.53. The van der Waals surface area contributed by atoms with E-state index in [2.05, 4.69) is 43.4 Å². The molecule has 0 fully saturated rings. The molecule has 0 saturated heterocycles. The Hall–Kier alpha value is -3.32. The predicted molar refractivity (Wildman–Crippen MR) is 106 cm³/mol. The molecule has 0 aliphatic rings. The minimum absolute atomic E-state index is 0.101. The molecule has 0 atom stereocenters. The number of quaternary nitrogens is 1. The molecule has 0 heterocycles. The van der Waals surface area contributed by atoms with Crippen molar-refractivity contribution in [2.75, 3.05) is 7.11 Å². The fraction of sp³-hybridized carbons (Fsp3) is 0.273. The number of phenolic OH excluding ortho intramolecular Hbond substituents is 1. The van der Waals surface area contributed by atoms with Crippen LogP contribution in [0, 0.1) is 0 Å². The Labute approximate surface area is 170 Å². The number of aliphatic carboxylic acids is 2. The standard InChI is InChI=1S/C18H23NO2.C4H4O4/c1-18(2,12-14-7-5-4-6-8-14)19-13-15-9-10-16(20)11-17(15)21-3;5-3(6)1-2-4(7)8/h4-11,19-20H,12-13H2,1-3H3;1-2H,(H,5,6)(H,7,8)/b;2-1-. The molecular formula is C22H27NO6. The molecule has 0 aromatic heterocycles. The molecule has 2 aromatic rings. The number of carboxylic acids is 2. The van der Waals surface area contributed by atoms with E-state index in [1.54, 1.807) is 19.2 Å². The van der Waals surface area contributed by atoms with Crippen LogP contribution in [-0.2, 0) is 22.6 Å². The molecule has 0 amide bonds. The van der Waals surface area contributed by atoms with Crippen LogP contribution in [0.1, 0.15) is 25.0 Å². The van der Waals surface area contributed by atoms with E-state index in [1.807, 2.05) is 12.1 Å². The van der Waals surface area contributed by atoms with Gasteiger partial charge in [-0.25, -0.2) is 4.79 Å². The van der Waals surface area contributed by atoms with Crippen molar-refractivity contribution in [3.8, 4) is 11.5 Å². The lowest BCUT2D eigenvalue weighted by atomic mass is 9.94. The zero-order valence-electron chi connectivity index (χ0n) is 16.8. The molecule has 0 aliphatic heterocycles. The molecule has 2 aromatic carbocycles. The van der Waals surface area contributed by atoms with Crippen LogP contribution in [0.3, 0.4) is 0 Å². The van der Waals surface area contributed by atoms with Crippen LogP contribution in [0.5, 0.6) is 11.5 Å². The summed E-state index contributed by atoms with van der Waals surface area (Å²) in [5.74, 6) is -1.83. The van der Waals surface area contributed by atoms with Gasteiger partial charge in [0.2, 0.25) is 0 Å². The van der Waals surface area contributed by atoms with E-state index in [9.17, 15) is 19.8 Å². The Kier molecular flexibility index (Phi) is 9.41. The molecule has 156 valence electrons. The first kappa shape index (κ1) is 23.7. The minimum atomic E-state index is -1.51. The van der Waals surface area contributed by atoms with Crippen molar-refractivity contribution < 1.29 is 35.0 Å². The summed E-state index contributed by atoms with van der Waals surface area (Å²) in [7, 11) is 1.63. The monoisotopic (exact) mass is 401 g/mol. The van der Waals surface area contributed by atoms with Crippen LogP contribution in [0.25, 0.3) is 0 Å². The van der Waals surface area contributed by atoms with Gasteiger partial charge in [-0.2, -0.15) is 0 Å². The van der Waals surface area contributed by atoms with Crippen LogP contribution in [0.2, 0.25) is 0 Å². The fourth-order valence-corrected chi connectivity index (χ4v) is 2.62. The first-order chi connectivity index (χ1) is 13.6. The lowest BCUT2D eigenvalue weighted by Gasteiger charge is -2.23. The van der Waals surface area contributed by atoms with Crippen molar-refractivity contribution in [3.63, 3.8) is 0 Å². The van der Waals surface area contributed by atoms with Crippen molar-refractivity contribution in [1.82, 2.24) is 0 Å². The highest BCUT2D eigenvalue weighted by molar-refractivity contribution is 5.88. The largest absolute Gasteiger partial charge is 0.545 e. The van der Waals surface area contributed by atoms with Crippen LogP contribution in [-0.4, -0.2) is 34.8 Å². The summed E-state index contributed by atoms with van der Waals surface area (Å²) in [5, 5.41) is 29.0. The van der Waals surface area contributed by atoms with E-state index in [-0.39, 0.29) is 11.3 Å². The molecule has 0 spiro atoms. The summed E-state index contributed by atoms with van der Waals surface area (Å²) in [6.07, 6.45) is 1.95. The number of carbonyl (C=O) groups excluding carboxylic acids is 1. The molecular weight excluding hydrogens is 374 g/mol. The molecule has 7 nitrogen and oxygen atoms in total. The lowest BCUT2D eigenvalue weighted by molar-refractivity contribution is -0.734. The lowest BCUT2D eigenvalue weighted by Crippen LogP contribution is -2.94. The number of benzene rings is 2.